The number of likely N-dealkylation sites (N-methyl/N-ethyl adjacent to an activating group) is 1. The lowest BCUT2D eigenvalue weighted by Gasteiger charge is -2.26. The smallest absolute Gasteiger partial charge is 0.186 e. The molecule has 0 amide bonds. The summed E-state index contributed by atoms with van der Waals surface area (Å²) in [4.78, 5) is 8.37. The van der Waals surface area contributed by atoms with Crippen molar-refractivity contribution in [2.45, 2.75) is 27.7 Å². The first kappa shape index (κ1) is 16.5. The number of ether oxygens (including phenoxy) is 1. The standard InChI is InChI=1S/C16H27N3OS/c1-5-17-11-14(12(2)3)10-15-13(4)18-16(21-15)19-6-8-20-9-7-19/h10,12,17H,5-9,11H2,1-4H3. The molecule has 1 aromatic rings. The molecule has 0 aliphatic carbocycles. The third-order valence-electron chi connectivity index (χ3n) is 3.74. The molecule has 0 saturated carbocycles. The second kappa shape index (κ2) is 7.92. The summed E-state index contributed by atoms with van der Waals surface area (Å²) in [6.07, 6.45) is 2.32. The van der Waals surface area contributed by atoms with E-state index in [1.165, 1.54) is 10.5 Å². The van der Waals surface area contributed by atoms with Crippen molar-refractivity contribution < 1.29 is 4.74 Å². The fraction of sp³-hybridized carbons (Fsp3) is 0.688. The third-order valence-corrected chi connectivity index (χ3v) is 4.91. The lowest BCUT2D eigenvalue weighted by Crippen LogP contribution is -2.36. The van der Waals surface area contributed by atoms with Gasteiger partial charge in [-0.15, -0.1) is 0 Å². The number of rotatable bonds is 6. The summed E-state index contributed by atoms with van der Waals surface area (Å²) in [5, 5.41) is 4.56. The lowest BCUT2D eigenvalue weighted by atomic mass is 10.0. The average molecular weight is 309 g/mol. The molecule has 2 heterocycles. The van der Waals surface area contributed by atoms with Crippen LogP contribution in [0.1, 0.15) is 31.3 Å². The van der Waals surface area contributed by atoms with Crippen LogP contribution in [0, 0.1) is 12.8 Å². The van der Waals surface area contributed by atoms with Crippen molar-refractivity contribution >= 4 is 22.5 Å². The zero-order valence-electron chi connectivity index (χ0n) is 13.6. The van der Waals surface area contributed by atoms with Gasteiger partial charge in [-0.05, 0) is 25.5 Å². The van der Waals surface area contributed by atoms with Crippen LogP contribution in [0.2, 0.25) is 0 Å². The van der Waals surface area contributed by atoms with E-state index in [2.05, 4.69) is 44.0 Å². The molecule has 1 fully saturated rings. The molecule has 1 aliphatic heterocycles. The van der Waals surface area contributed by atoms with Crippen LogP contribution < -0.4 is 10.2 Å². The zero-order chi connectivity index (χ0) is 15.2. The van der Waals surface area contributed by atoms with E-state index in [1.807, 2.05) is 0 Å². The second-order valence-corrected chi connectivity index (χ2v) is 6.71. The summed E-state index contributed by atoms with van der Waals surface area (Å²) >= 11 is 1.80. The van der Waals surface area contributed by atoms with Gasteiger partial charge in [-0.2, -0.15) is 0 Å². The molecule has 4 nitrogen and oxygen atoms in total. The Bertz CT molecular complexity index is 476. The van der Waals surface area contributed by atoms with Gasteiger partial charge in [-0.1, -0.05) is 37.7 Å². The zero-order valence-corrected chi connectivity index (χ0v) is 14.4. The highest BCUT2D eigenvalue weighted by Gasteiger charge is 2.16. The fourth-order valence-electron chi connectivity index (χ4n) is 2.28. The average Bonchev–Trinajstić information content (AvgIpc) is 2.85. The van der Waals surface area contributed by atoms with E-state index in [4.69, 9.17) is 9.72 Å². The number of nitrogens with zero attached hydrogens (tertiary/aromatic N) is 2. The van der Waals surface area contributed by atoms with Crippen LogP contribution in [0.15, 0.2) is 5.57 Å². The number of aryl methyl sites for hydroxylation is 1. The molecule has 1 saturated heterocycles. The van der Waals surface area contributed by atoms with E-state index < -0.39 is 0 Å². The minimum absolute atomic E-state index is 0.553. The van der Waals surface area contributed by atoms with E-state index in [1.54, 1.807) is 11.3 Å². The maximum absolute atomic E-state index is 5.41. The number of morpholine rings is 1. The Morgan fingerprint density at radius 3 is 2.76 bits per heavy atom. The Kier molecular flexibility index (Phi) is 6.21. The number of hydrogen-bond donors (Lipinski definition) is 1. The predicted octanol–water partition coefficient (Wildman–Crippen LogP) is 2.94. The van der Waals surface area contributed by atoms with Crippen molar-refractivity contribution in [3.8, 4) is 0 Å². The molecule has 2 rings (SSSR count). The third kappa shape index (κ3) is 4.53. The summed E-state index contributed by atoms with van der Waals surface area (Å²) in [6.45, 7) is 14.2. The van der Waals surface area contributed by atoms with Gasteiger partial charge in [-0.3, -0.25) is 0 Å². The van der Waals surface area contributed by atoms with E-state index in [9.17, 15) is 0 Å². The van der Waals surface area contributed by atoms with E-state index in [0.29, 0.717) is 5.92 Å². The van der Waals surface area contributed by atoms with Gasteiger partial charge in [0.15, 0.2) is 5.13 Å². The Morgan fingerprint density at radius 2 is 2.14 bits per heavy atom. The molecule has 5 heteroatoms. The molecule has 118 valence electrons. The van der Waals surface area contributed by atoms with E-state index >= 15 is 0 Å². The first-order chi connectivity index (χ1) is 10.1. The van der Waals surface area contributed by atoms with Crippen LogP contribution in [0.3, 0.4) is 0 Å². The van der Waals surface area contributed by atoms with Gasteiger partial charge in [0.25, 0.3) is 0 Å². The molecule has 1 aromatic heterocycles. The van der Waals surface area contributed by atoms with Crippen LogP contribution in [0.5, 0.6) is 0 Å². The van der Waals surface area contributed by atoms with Crippen molar-refractivity contribution in [1.29, 1.82) is 0 Å². The number of nitrogens with one attached hydrogen (secondary N) is 1. The van der Waals surface area contributed by atoms with Gasteiger partial charge in [-0.25, -0.2) is 4.98 Å². The molecule has 0 spiro atoms. The van der Waals surface area contributed by atoms with Crippen LogP contribution in [-0.4, -0.2) is 44.4 Å². The molecule has 0 bridgehead atoms. The molecular weight excluding hydrogens is 282 g/mol. The number of hydrogen-bond acceptors (Lipinski definition) is 5. The number of thiazole rings is 1. The Hall–Kier alpha value is -0.910. The highest BCUT2D eigenvalue weighted by Crippen LogP contribution is 2.29. The maximum Gasteiger partial charge on any atom is 0.186 e. The Balaban J connectivity index is 2.16. The predicted molar refractivity (Wildman–Crippen MR) is 91.2 cm³/mol. The first-order valence-corrected chi connectivity index (χ1v) is 8.64. The van der Waals surface area contributed by atoms with Crippen LogP contribution in [0.25, 0.3) is 6.08 Å². The molecule has 0 aromatic carbocycles. The quantitative estimate of drug-likeness (QED) is 0.877. The van der Waals surface area contributed by atoms with Crippen LogP contribution in [-0.2, 0) is 4.74 Å². The molecule has 1 aliphatic rings. The first-order valence-electron chi connectivity index (χ1n) is 7.83. The van der Waals surface area contributed by atoms with Gasteiger partial charge >= 0.3 is 0 Å². The molecule has 1 N–H and O–H groups in total. The normalized spacial score (nSPS) is 16.8. The van der Waals surface area contributed by atoms with Gasteiger partial charge in [0.1, 0.15) is 0 Å². The number of aromatic nitrogens is 1. The van der Waals surface area contributed by atoms with Crippen LogP contribution >= 0.6 is 11.3 Å². The second-order valence-electron chi connectivity index (χ2n) is 5.70. The summed E-state index contributed by atoms with van der Waals surface area (Å²) in [7, 11) is 0. The van der Waals surface area contributed by atoms with Crippen LogP contribution in [0.4, 0.5) is 5.13 Å². The summed E-state index contributed by atoms with van der Waals surface area (Å²) in [6, 6.07) is 0. The van der Waals surface area contributed by atoms with Gasteiger partial charge in [0.2, 0.25) is 0 Å². The molecule has 0 unspecified atom stereocenters. The van der Waals surface area contributed by atoms with E-state index in [-0.39, 0.29) is 0 Å². The summed E-state index contributed by atoms with van der Waals surface area (Å²) in [5.74, 6) is 0.553. The highest BCUT2D eigenvalue weighted by molar-refractivity contribution is 7.16. The van der Waals surface area contributed by atoms with Gasteiger partial charge in [0.05, 0.1) is 23.8 Å². The van der Waals surface area contributed by atoms with Crippen molar-refractivity contribution in [1.82, 2.24) is 10.3 Å². The van der Waals surface area contributed by atoms with Gasteiger partial charge in [0, 0.05) is 19.6 Å². The highest BCUT2D eigenvalue weighted by atomic mass is 32.1. The SMILES string of the molecule is CCNCC(=Cc1sc(N2CCOCC2)nc1C)C(C)C. The van der Waals surface area contributed by atoms with Crippen molar-refractivity contribution in [3.05, 3.63) is 16.1 Å². The fourth-order valence-corrected chi connectivity index (χ4v) is 3.37. The summed E-state index contributed by atoms with van der Waals surface area (Å²) in [5.41, 5.74) is 2.58. The largest absolute Gasteiger partial charge is 0.378 e. The van der Waals surface area contributed by atoms with Crippen molar-refractivity contribution in [3.63, 3.8) is 0 Å². The van der Waals surface area contributed by atoms with Crippen molar-refractivity contribution in [2.75, 3.05) is 44.3 Å². The minimum Gasteiger partial charge on any atom is -0.378 e. The number of anilines is 1. The Labute approximate surface area is 132 Å². The molecular formula is C16H27N3OS. The Morgan fingerprint density at radius 1 is 1.43 bits per heavy atom. The van der Waals surface area contributed by atoms with E-state index in [0.717, 1.165) is 50.2 Å². The monoisotopic (exact) mass is 309 g/mol. The van der Waals surface area contributed by atoms with Crippen molar-refractivity contribution in [2.24, 2.45) is 5.92 Å². The molecule has 0 atom stereocenters. The molecule has 0 radical (unpaired) electrons. The minimum atomic E-state index is 0.553. The summed E-state index contributed by atoms with van der Waals surface area (Å²) < 4.78 is 5.41. The lowest BCUT2D eigenvalue weighted by molar-refractivity contribution is 0.122. The van der Waals surface area contributed by atoms with Gasteiger partial charge < -0.3 is 15.0 Å². The molecule has 21 heavy (non-hydrogen) atoms. The maximum atomic E-state index is 5.41. The topological polar surface area (TPSA) is 37.4 Å².